The fourth-order valence-corrected chi connectivity index (χ4v) is 3.57. The van der Waals surface area contributed by atoms with Crippen molar-refractivity contribution in [3.63, 3.8) is 0 Å². The molecule has 2 heterocycles. The summed E-state index contributed by atoms with van der Waals surface area (Å²) in [4.78, 5) is 17.8. The van der Waals surface area contributed by atoms with Crippen molar-refractivity contribution in [3.8, 4) is 11.3 Å². The minimum Gasteiger partial charge on any atom is -0.275 e. The zero-order chi connectivity index (χ0) is 21.3. The summed E-state index contributed by atoms with van der Waals surface area (Å²) in [6.07, 6.45) is 3.46. The third-order valence-electron chi connectivity index (χ3n) is 5.04. The average Bonchev–Trinajstić information content (AvgIpc) is 3.04. The molecule has 0 aliphatic rings. The Morgan fingerprint density at radius 2 is 1.90 bits per heavy atom. The summed E-state index contributed by atoms with van der Waals surface area (Å²) in [5.41, 5.74) is 9.74. The number of hydrazone groups is 1. The number of pyridine rings is 1. The first-order valence-corrected chi connectivity index (χ1v) is 9.73. The molecule has 0 saturated heterocycles. The Hall–Kier alpha value is -3.80. The molecule has 6 heteroatoms. The summed E-state index contributed by atoms with van der Waals surface area (Å²) in [5.74, 6) is -0.280. The predicted octanol–water partition coefficient (Wildman–Crippen LogP) is 4.32. The van der Waals surface area contributed by atoms with Crippen molar-refractivity contribution in [1.29, 1.82) is 0 Å². The van der Waals surface area contributed by atoms with Gasteiger partial charge in [0.15, 0.2) is 0 Å². The van der Waals surface area contributed by atoms with Crippen molar-refractivity contribution >= 4 is 23.0 Å². The van der Waals surface area contributed by atoms with Crippen LogP contribution in [0.4, 0.5) is 0 Å². The van der Waals surface area contributed by atoms with Gasteiger partial charge in [-0.2, -0.15) is 10.2 Å². The SMILES string of the molecule is Cc1ccc(-c2cc(C(=O)NN=Cc3cn(C)nc3C)c3ccccc3n2)c(C)c1. The number of nitrogens with one attached hydrogen (secondary N) is 1. The number of aryl methyl sites for hydroxylation is 4. The molecule has 30 heavy (non-hydrogen) atoms. The highest BCUT2D eigenvalue weighted by molar-refractivity contribution is 6.07. The molecule has 4 aromatic rings. The van der Waals surface area contributed by atoms with E-state index in [0.717, 1.165) is 39.0 Å². The van der Waals surface area contributed by atoms with Gasteiger partial charge in [-0.25, -0.2) is 10.4 Å². The molecule has 0 unspecified atom stereocenters. The predicted molar refractivity (Wildman–Crippen MR) is 120 cm³/mol. The number of rotatable bonds is 4. The highest BCUT2D eigenvalue weighted by Crippen LogP contribution is 2.27. The average molecular weight is 397 g/mol. The number of amides is 1. The zero-order valence-electron chi connectivity index (χ0n) is 17.5. The Labute approximate surface area is 175 Å². The number of hydrogen-bond acceptors (Lipinski definition) is 4. The Morgan fingerprint density at radius 3 is 2.63 bits per heavy atom. The van der Waals surface area contributed by atoms with Gasteiger partial charge in [-0.15, -0.1) is 0 Å². The first-order valence-electron chi connectivity index (χ1n) is 9.73. The number of hydrogen-bond donors (Lipinski definition) is 1. The lowest BCUT2D eigenvalue weighted by Crippen LogP contribution is -2.18. The minimum absolute atomic E-state index is 0.280. The van der Waals surface area contributed by atoms with Crippen LogP contribution in [0.25, 0.3) is 22.2 Å². The van der Waals surface area contributed by atoms with Gasteiger partial charge in [0, 0.05) is 29.8 Å². The molecule has 0 aliphatic heterocycles. The number of aromatic nitrogens is 3. The van der Waals surface area contributed by atoms with Gasteiger partial charge in [0.05, 0.1) is 28.7 Å². The summed E-state index contributed by atoms with van der Waals surface area (Å²) < 4.78 is 1.71. The second kappa shape index (κ2) is 7.91. The number of carbonyl (C=O) groups excluding carboxylic acids is 1. The minimum atomic E-state index is -0.280. The Morgan fingerprint density at radius 1 is 1.10 bits per heavy atom. The number of nitrogens with zero attached hydrogens (tertiary/aromatic N) is 4. The van der Waals surface area contributed by atoms with Crippen LogP contribution in [0, 0.1) is 20.8 Å². The van der Waals surface area contributed by atoms with E-state index in [4.69, 9.17) is 4.98 Å². The molecule has 2 aromatic heterocycles. The van der Waals surface area contributed by atoms with E-state index < -0.39 is 0 Å². The van der Waals surface area contributed by atoms with Crippen molar-refractivity contribution in [2.45, 2.75) is 20.8 Å². The van der Waals surface area contributed by atoms with Gasteiger partial charge in [0.2, 0.25) is 0 Å². The van der Waals surface area contributed by atoms with Crippen LogP contribution >= 0.6 is 0 Å². The topological polar surface area (TPSA) is 72.2 Å². The van der Waals surface area contributed by atoms with Gasteiger partial charge in [-0.3, -0.25) is 9.48 Å². The fourth-order valence-electron chi connectivity index (χ4n) is 3.57. The van der Waals surface area contributed by atoms with E-state index in [1.807, 2.05) is 56.6 Å². The van der Waals surface area contributed by atoms with E-state index >= 15 is 0 Å². The van der Waals surface area contributed by atoms with Crippen LogP contribution in [-0.2, 0) is 7.05 Å². The normalized spacial score (nSPS) is 11.3. The monoisotopic (exact) mass is 397 g/mol. The first kappa shape index (κ1) is 19.5. The van der Waals surface area contributed by atoms with Crippen molar-refractivity contribution in [2.24, 2.45) is 12.1 Å². The Kier molecular flexibility index (Phi) is 5.14. The smallest absolute Gasteiger partial charge is 0.272 e. The number of benzene rings is 2. The van der Waals surface area contributed by atoms with Gasteiger partial charge in [0.25, 0.3) is 5.91 Å². The van der Waals surface area contributed by atoms with Gasteiger partial charge < -0.3 is 0 Å². The second-order valence-corrected chi connectivity index (χ2v) is 7.43. The van der Waals surface area contributed by atoms with Gasteiger partial charge in [-0.1, -0.05) is 42.0 Å². The lowest BCUT2D eigenvalue weighted by atomic mass is 9.99. The molecule has 0 atom stereocenters. The summed E-state index contributed by atoms with van der Waals surface area (Å²) in [6, 6.07) is 15.7. The molecular weight excluding hydrogens is 374 g/mol. The Bertz CT molecular complexity index is 1290. The maximum Gasteiger partial charge on any atom is 0.272 e. The molecule has 0 saturated carbocycles. The lowest BCUT2D eigenvalue weighted by Gasteiger charge is -2.11. The van der Waals surface area contributed by atoms with E-state index in [1.54, 1.807) is 10.9 Å². The van der Waals surface area contributed by atoms with Gasteiger partial charge >= 0.3 is 0 Å². The zero-order valence-corrected chi connectivity index (χ0v) is 17.5. The van der Waals surface area contributed by atoms with Crippen molar-refractivity contribution < 1.29 is 4.79 Å². The molecule has 0 radical (unpaired) electrons. The number of fused-ring (bicyclic) bond motifs is 1. The molecular formula is C24H23N5O. The molecule has 0 spiro atoms. The number of para-hydroxylation sites is 1. The maximum atomic E-state index is 13.0. The van der Waals surface area contributed by atoms with Crippen LogP contribution in [-0.4, -0.2) is 26.9 Å². The molecule has 2 aromatic carbocycles. The van der Waals surface area contributed by atoms with E-state index in [1.165, 1.54) is 5.56 Å². The van der Waals surface area contributed by atoms with E-state index in [-0.39, 0.29) is 5.91 Å². The molecule has 1 amide bonds. The molecule has 6 nitrogen and oxygen atoms in total. The van der Waals surface area contributed by atoms with E-state index in [9.17, 15) is 4.79 Å². The van der Waals surface area contributed by atoms with Crippen LogP contribution < -0.4 is 5.43 Å². The molecule has 1 N–H and O–H groups in total. The molecule has 0 bridgehead atoms. The summed E-state index contributed by atoms with van der Waals surface area (Å²) in [6.45, 7) is 6.01. The van der Waals surface area contributed by atoms with Crippen molar-refractivity contribution in [3.05, 3.63) is 82.7 Å². The second-order valence-electron chi connectivity index (χ2n) is 7.43. The fraction of sp³-hybridized carbons (Fsp3) is 0.167. The van der Waals surface area contributed by atoms with E-state index in [0.29, 0.717) is 5.56 Å². The largest absolute Gasteiger partial charge is 0.275 e. The summed E-state index contributed by atoms with van der Waals surface area (Å²) in [5, 5.41) is 9.19. The molecule has 4 rings (SSSR count). The summed E-state index contributed by atoms with van der Waals surface area (Å²) in [7, 11) is 1.85. The van der Waals surface area contributed by atoms with Gasteiger partial charge in [0.1, 0.15) is 0 Å². The van der Waals surface area contributed by atoms with E-state index in [2.05, 4.69) is 41.6 Å². The van der Waals surface area contributed by atoms with Crippen LogP contribution in [0.15, 0.2) is 59.8 Å². The third kappa shape index (κ3) is 3.85. The van der Waals surface area contributed by atoms with Crippen LogP contribution in [0.1, 0.15) is 32.7 Å². The molecule has 0 aliphatic carbocycles. The van der Waals surface area contributed by atoms with Crippen molar-refractivity contribution in [1.82, 2.24) is 20.2 Å². The highest BCUT2D eigenvalue weighted by atomic mass is 16.2. The summed E-state index contributed by atoms with van der Waals surface area (Å²) >= 11 is 0. The quantitative estimate of drug-likeness (QED) is 0.412. The lowest BCUT2D eigenvalue weighted by molar-refractivity contribution is 0.0956. The van der Waals surface area contributed by atoms with Gasteiger partial charge in [-0.05, 0) is 38.5 Å². The number of carbonyl (C=O) groups is 1. The maximum absolute atomic E-state index is 13.0. The molecule has 150 valence electrons. The first-order chi connectivity index (χ1) is 14.4. The van der Waals surface area contributed by atoms with Crippen LogP contribution in [0.2, 0.25) is 0 Å². The Balaban J connectivity index is 1.72. The standard InChI is InChI=1S/C24H23N5O/c1-15-9-10-19(16(2)11-15)23-12-21(20-7-5-6-8-22(20)26-23)24(30)27-25-13-18-14-29(4)28-17(18)3/h5-14H,1-4H3,(H,27,30). The molecule has 0 fully saturated rings. The van der Waals surface area contributed by atoms with Crippen molar-refractivity contribution in [2.75, 3.05) is 0 Å². The third-order valence-corrected chi connectivity index (χ3v) is 5.04. The highest BCUT2D eigenvalue weighted by Gasteiger charge is 2.14. The van der Waals surface area contributed by atoms with Crippen LogP contribution in [0.5, 0.6) is 0 Å². The van der Waals surface area contributed by atoms with Crippen LogP contribution in [0.3, 0.4) is 0 Å².